The molecule has 0 unspecified atom stereocenters. The number of primary amides is 1. The van der Waals surface area contributed by atoms with Crippen LogP contribution in [0.4, 0.5) is 15.3 Å². The molecule has 0 aliphatic heterocycles. The van der Waals surface area contributed by atoms with Crippen molar-refractivity contribution >= 4 is 29.7 Å². The lowest BCUT2D eigenvalue weighted by Gasteiger charge is -2.19. The molecule has 0 aliphatic rings. The van der Waals surface area contributed by atoms with Crippen LogP contribution in [-0.2, 0) is 20.9 Å². The van der Waals surface area contributed by atoms with E-state index in [1.807, 2.05) is 19.1 Å². The summed E-state index contributed by atoms with van der Waals surface area (Å²) < 4.78 is 10.2. The number of ether oxygens (including phenoxy) is 2. The summed E-state index contributed by atoms with van der Waals surface area (Å²) in [6.07, 6.45) is -0.199. The average Bonchev–Trinajstić information content (AvgIpc) is 2.86. The minimum absolute atomic E-state index is 0.0214. The number of allylic oxidation sites excluding steroid dienone is 1. The number of hydrogen-bond acceptors (Lipinski definition) is 7. The number of carbonyl (C=O) groups is 4. The third kappa shape index (κ3) is 10.3. The second-order valence-corrected chi connectivity index (χ2v) is 8.51. The first kappa shape index (κ1) is 28.7. The van der Waals surface area contributed by atoms with Gasteiger partial charge in [-0.3, -0.25) is 9.59 Å². The molecule has 0 bridgehead atoms. The van der Waals surface area contributed by atoms with Crippen LogP contribution in [-0.4, -0.2) is 36.6 Å². The van der Waals surface area contributed by atoms with Crippen LogP contribution in [0.1, 0.15) is 37.8 Å². The van der Waals surface area contributed by atoms with Crippen LogP contribution >= 0.6 is 0 Å². The molecule has 0 fully saturated rings. The molecule has 1 atom stereocenters. The predicted octanol–water partition coefficient (Wildman–Crippen LogP) is 2.84. The maximum atomic E-state index is 12.9. The zero-order chi connectivity index (χ0) is 27.4. The molecule has 11 nitrogen and oxygen atoms in total. The number of rotatable bonds is 11. The van der Waals surface area contributed by atoms with E-state index in [9.17, 15) is 19.2 Å². The van der Waals surface area contributed by atoms with Crippen molar-refractivity contribution in [2.45, 2.75) is 46.3 Å². The van der Waals surface area contributed by atoms with Crippen LogP contribution in [0.15, 0.2) is 59.8 Å². The Labute approximate surface area is 215 Å². The molecule has 11 heteroatoms. The Morgan fingerprint density at radius 1 is 0.946 bits per heavy atom. The van der Waals surface area contributed by atoms with E-state index in [1.54, 1.807) is 50.2 Å². The van der Waals surface area contributed by atoms with Gasteiger partial charge in [-0.05, 0) is 69.0 Å². The summed E-state index contributed by atoms with van der Waals surface area (Å²) in [5.41, 5.74) is 13.7. The van der Waals surface area contributed by atoms with Crippen molar-refractivity contribution in [3.05, 3.63) is 70.9 Å². The number of nitrogens with one attached hydrogen (secondary N) is 3. The maximum Gasteiger partial charge on any atom is 0.514 e. The van der Waals surface area contributed by atoms with Crippen molar-refractivity contribution in [2.75, 3.05) is 11.9 Å². The molecule has 2 aromatic carbocycles. The highest BCUT2D eigenvalue weighted by Crippen LogP contribution is 2.15. The normalized spacial score (nSPS) is 11.0. The fourth-order valence-corrected chi connectivity index (χ4v) is 3.04. The van der Waals surface area contributed by atoms with Crippen molar-refractivity contribution in [2.24, 2.45) is 11.5 Å². The largest absolute Gasteiger partial charge is 0.514 e. The number of urea groups is 1. The molecule has 0 radical (unpaired) electrons. The van der Waals surface area contributed by atoms with Crippen molar-refractivity contribution in [3.8, 4) is 5.75 Å². The van der Waals surface area contributed by atoms with Crippen molar-refractivity contribution in [3.63, 3.8) is 0 Å². The molecular weight excluding hydrogens is 478 g/mol. The molecule has 0 heterocycles. The SMILES string of the molecule is CC(C)=C(N)C(=O)N[C@@H](CCCNC(N)=O)C(=O)Nc1ccc(COC(=O)Oc2ccc(C)cc2)cc1. The molecule has 0 spiro atoms. The molecule has 0 aliphatic carbocycles. The number of aryl methyl sites for hydroxylation is 1. The van der Waals surface area contributed by atoms with E-state index in [1.165, 1.54) is 0 Å². The van der Waals surface area contributed by atoms with Crippen LogP contribution in [0.25, 0.3) is 0 Å². The maximum absolute atomic E-state index is 12.9. The third-order valence-corrected chi connectivity index (χ3v) is 5.17. The summed E-state index contributed by atoms with van der Waals surface area (Å²) in [7, 11) is 0. The van der Waals surface area contributed by atoms with Gasteiger partial charge in [0.1, 0.15) is 18.4 Å². The first-order valence-electron chi connectivity index (χ1n) is 11.6. The lowest BCUT2D eigenvalue weighted by molar-refractivity contribution is -0.124. The van der Waals surface area contributed by atoms with E-state index in [0.29, 0.717) is 29.0 Å². The summed E-state index contributed by atoms with van der Waals surface area (Å²) in [6, 6.07) is 12.0. The van der Waals surface area contributed by atoms with Gasteiger partial charge in [-0.1, -0.05) is 29.8 Å². The fourth-order valence-electron chi connectivity index (χ4n) is 3.04. The molecule has 198 valence electrons. The summed E-state index contributed by atoms with van der Waals surface area (Å²) >= 11 is 0. The van der Waals surface area contributed by atoms with Gasteiger partial charge in [-0.2, -0.15) is 0 Å². The molecule has 0 saturated heterocycles. The van der Waals surface area contributed by atoms with Crippen molar-refractivity contribution in [1.82, 2.24) is 10.6 Å². The van der Waals surface area contributed by atoms with Gasteiger partial charge in [0.2, 0.25) is 5.91 Å². The number of anilines is 1. The minimum Gasteiger partial charge on any atom is -0.429 e. The third-order valence-electron chi connectivity index (χ3n) is 5.17. The van der Waals surface area contributed by atoms with Crippen LogP contribution in [0, 0.1) is 6.92 Å². The van der Waals surface area contributed by atoms with E-state index in [-0.39, 0.29) is 25.3 Å². The zero-order valence-electron chi connectivity index (χ0n) is 21.1. The highest BCUT2D eigenvalue weighted by molar-refractivity contribution is 6.00. The quantitative estimate of drug-likeness (QED) is 0.133. The van der Waals surface area contributed by atoms with Gasteiger partial charge < -0.3 is 36.9 Å². The summed E-state index contributed by atoms with van der Waals surface area (Å²) in [5.74, 6) is -0.639. The molecule has 37 heavy (non-hydrogen) atoms. The second kappa shape index (κ2) is 14.1. The topological polar surface area (TPSA) is 175 Å². The molecule has 2 rings (SSSR count). The lowest BCUT2D eigenvalue weighted by atomic mass is 10.1. The Hall–Kier alpha value is -4.54. The molecular formula is C26H33N5O6. The lowest BCUT2D eigenvalue weighted by Crippen LogP contribution is -2.46. The number of hydrogen-bond donors (Lipinski definition) is 5. The van der Waals surface area contributed by atoms with Gasteiger partial charge in [0, 0.05) is 12.2 Å². The smallest absolute Gasteiger partial charge is 0.429 e. The number of benzene rings is 2. The summed E-state index contributed by atoms with van der Waals surface area (Å²) in [5, 5.41) is 7.80. The van der Waals surface area contributed by atoms with E-state index >= 15 is 0 Å². The average molecular weight is 512 g/mol. The number of carbonyl (C=O) groups excluding carboxylic acids is 4. The molecule has 0 aromatic heterocycles. The highest BCUT2D eigenvalue weighted by atomic mass is 16.7. The van der Waals surface area contributed by atoms with Crippen LogP contribution < -0.4 is 32.2 Å². The Morgan fingerprint density at radius 3 is 2.19 bits per heavy atom. The fraction of sp³-hybridized carbons (Fsp3) is 0.308. The predicted molar refractivity (Wildman–Crippen MR) is 138 cm³/mol. The van der Waals surface area contributed by atoms with Crippen molar-refractivity contribution < 1.29 is 28.7 Å². The van der Waals surface area contributed by atoms with Crippen LogP contribution in [0.3, 0.4) is 0 Å². The first-order chi connectivity index (χ1) is 17.5. The van der Waals surface area contributed by atoms with Gasteiger partial charge >= 0.3 is 12.2 Å². The first-order valence-corrected chi connectivity index (χ1v) is 11.6. The van der Waals surface area contributed by atoms with Crippen LogP contribution in [0.2, 0.25) is 0 Å². The minimum atomic E-state index is -0.903. The van der Waals surface area contributed by atoms with E-state index in [4.69, 9.17) is 20.9 Å². The van der Waals surface area contributed by atoms with Crippen LogP contribution in [0.5, 0.6) is 5.75 Å². The van der Waals surface area contributed by atoms with E-state index < -0.39 is 30.0 Å². The monoisotopic (exact) mass is 511 g/mol. The Bertz CT molecular complexity index is 1130. The Kier molecular flexibility index (Phi) is 11.0. The highest BCUT2D eigenvalue weighted by Gasteiger charge is 2.22. The van der Waals surface area contributed by atoms with E-state index in [2.05, 4.69) is 16.0 Å². The number of amides is 4. The standard InChI is InChI=1S/C26H33N5O6/c1-16(2)22(27)24(33)31-21(5-4-14-29-25(28)34)23(32)30-19-10-8-18(9-11-19)15-36-26(35)37-20-12-6-17(3)7-13-20/h6-13,21H,4-5,14-15,27H2,1-3H3,(H,30,32)(H,31,33)(H3,28,29,34)/t21-/m0/s1. The molecule has 0 saturated carbocycles. The van der Waals surface area contributed by atoms with Crippen molar-refractivity contribution in [1.29, 1.82) is 0 Å². The summed E-state index contributed by atoms with van der Waals surface area (Å²) in [6.45, 7) is 5.53. The molecule has 2 aromatic rings. The van der Waals surface area contributed by atoms with Gasteiger partial charge in [0.05, 0.1) is 5.70 Å². The van der Waals surface area contributed by atoms with E-state index in [0.717, 1.165) is 5.56 Å². The number of nitrogens with two attached hydrogens (primary N) is 2. The van der Waals surface area contributed by atoms with Gasteiger partial charge in [-0.25, -0.2) is 9.59 Å². The zero-order valence-corrected chi connectivity index (χ0v) is 21.1. The molecule has 4 amide bonds. The Balaban J connectivity index is 1.93. The van der Waals surface area contributed by atoms with Gasteiger partial charge in [0.25, 0.3) is 5.91 Å². The van der Waals surface area contributed by atoms with Gasteiger partial charge in [-0.15, -0.1) is 0 Å². The van der Waals surface area contributed by atoms with Gasteiger partial charge in [0.15, 0.2) is 0 Å². The Morgan fingerprint density at radius 2 is 1.59 bits per heavy atom. The molecule has 7 N–H and O–H groups in total. The summed E-state index contributed by atoms with van der Waals surface area (Å²) in [4.78, 5) is 48.0. The second-order valence-electron chi connectivity index (χ2n) is 8.51.